The van der Waals surface area contributed by atoms with E-state index in [0.29, 0.717) is 0 Å². The summed E-state index contributed by atoms with van der Waals surface area (Å²) in [5, 5.41) is 29.0. The topological polar surface area (TPSA) is 111 Å². The van der Waals surface area contributed by atoms with Crippen LogP contribution in [0.3, 0.4) is 0 Å². The normalized spacial score (nSPS) is 10.5. The van der Waals surface area contributed by atoms with E-state index < -0.39 is 28.7 Å². The van der Waals surface area contributed by atoms with Crippen LogP contribution >= 0.6 is 0 Å². The number of aromatic hydroxyl groups is 1. The van der Waals surface area contributed by atoms with Gasteiger partial charge in [-0.3, -0.25) is 0 Å². The van der Waals surface area contributed by atoms with Crippen molar-refractivity contribution in [2.24, 2.45) is 0 Å². The van der Waals surface area contributed by atoms with Crippen LogP contribution in [-0.4, -0.2) is 16.2 Å². The first-order valence-corrected chi connectivity index (χ1v) is 4.20. The molecule has 2 aromatic rings. The molecular formula is C10H5O6-. The van der Waals surface area contributed by atoms with Gasteiger partial charge in [0.25, 0.3) is 0 Å². The summed E-state index contributed by atoms with van der Waals surface area (Å²) < 4.78 is 4.64. The quantitative estimate of drug-likeness (QED) is 0.668. The van der Waals surface area contributed by atoms with Crippen LogP contribution in [0.5, 0.6) is 11.5 Å². The molecule has 1 heterocycles. The highest BCUT2D eigenvalue weighted by molar-refractivity contribution is 5.92. The minimum Gasteiger partial charge on any atom is -0.870 e. The van der Waals surface area contributed by atoms with E-state index in [1.807, 2.05) is 0 Å². The van der Waals surface area contributed by atoms with Crippen molar-refractivity contribution in [1.82, 2.24) is 0 Å². The number of aromatic carboxylic acids is 1. The summed E-state index contributed by atoms with van der Waals surface area (Å²) >= 11 is 0. The van der Waals surface area contributed by atoms with E-state index in [0.717, 1.165) is 18.2 Å². The molecule has 0 fully saturated rings. The lowest BCUT2D eigenvalue weighted by Gasteiger charge is -2.08. The van der Waals surface area contributed by atoms with Crippen molar-refractivity contribution in [3.63, 3.8) is 0 Å². The lowest BCUT2D eigenvalue weighted by atomic mass is 10.1. The number of carboxylic acids is 1. The molecular weight excluding hydrogens is 216 g/mol. The van der Waals surface area contributed by atoms with Gasteiger partial charge >= 0.3 is 11.6 Å². The van der Waals surface area contributed by atoms with Crippen LogP contribution in [0.1, 0.15) is 10.4 Å². The van der Waals surface area contributed by atoms with Crippen molar-refractivity contribution in [3.8, 4) is 11.5 Å². The molecule has 0 bridgehead atoms. The van der Waals surface area contributed by atoms with Gasteiger partial charge in [-0.05, 0) is 18.2 Å². The van der Waals surface area contributed by atoms with Gasteiger partial charge in [-0.2, -0.15) is 0 Å². The highest BCUT2D eigenvalue weighted by atomic mass is 16.4. The Morgan fingerprint density at radius 3 is 2.62 bits per heavy atom. The zero-order valence-corrected chi connectivity index (χ0v) is 7.76. The summed E-state index contributed by atoms with van der Waals surface area (Å²) in [7, 11) is 0. The van der Waals surface area contributed by atoms with Crippen LogP contribution < -0.4 is 10.7 Å². The van der Waals surface area contributed by atoms with Gasteiger partial charge in [-0.15, -0.1) is 0 Å². The second-order valence-electron chi connectivity index (χ2n) is 3.11. The molecule has 0 atom stereocenters. The van der Waals surface area contributed by atoms with E-state index >= 15 is 0 Å². The molecule has 16 heavy (non-hydrogen) atoms. The lowest BCUT2D eigenvalue weighted by molar-refractivity contribution is -0.270. The molecule has 2 rings (SSSR count). The zero-order valence-electron chi connectivity index (χ0n) is 7.76. The molecule has 0 spiro atoms. The standard InChI is InChI=1S/C10H6O6/c11-6-2-4-1-5(9(13)14)10(15)16-8(4)3-7(6)12/h1-3,11-12H,(H,13,14)/p-1. The van der Waals surface area contributed by atoms with Crippen LogP contribution in [0, 0.1) is 0 Å². The van der Waals surface area contributed by atoms with Gasteiger partial charge in [0.1, 0.15) is 16.9 Å². The fourth-order valence-electron chi connectivity index (χ4n) is 1.29. The largest absolute Gasteiger partial charge is 0.870 e. The van der Waals surface area contributed by atoms with Gasteiger partial charge in [-0.25, -0.2) is 9.59 Å². The molecule has 0 saturated heterocycles. The molecule has 0 aliphatic heterocycles. The van der Waals surface area contributed by atoms with Crippen molar-refractivity contribution in [1.29, 1.82) is 0 Å². The second-order valence-corrected chi connectivity index (χ2v) is 3.11. The molecule has 1 aromatic heterocycles. The van der Waals surface area contributed by atoms with Crippen molar-refractivity contribution < 1.29 is 24.5 Å². The fraction of sp³-hybridized carbons (Fsp3) is 0. The van der Waals surface area contributed by atoms with Gasteiger partial charge in [0.15, 0.2) is 0 Å². The number of phenols is 1. The third-order valence-corrected chi connectivity index (χ3v) is 2.04. The molecule has 0 amide bonds. The first-order valence-electron chi connectivity index (χ1n) is 4.20. The Bertz CT molecular complexity index is 640. The summed E-state index contributed by atoms with van der Waals surface area (Å²) in [6.45, 7) is 0. The maximum Gasteiger partial charge on any atom is 0.351 e. The summed E-state index contributed by atoms with van der Waals surface area (Å²) in [6, 6.07) is 3.02. The highest BCUT2D eigenvalue weighted by Gasteiger charge is 2.12. The molecule has 6 heteroatoms. The van der Waals surface area contributed by atoms with Gasteiger partial charge < -0.3 is 19.7 Å². The Balaban J connectivity index is 2.85. The number of hydrogen-bond acceptors (Lipinski definition) is 5. The molecule has 0 aliphatic rings. The number of benzene rings is 1. The number of phenolic OH excluding ortho intramolecular Hbond substituents is 1. The fourth-order valence-corrected chi connectivity index (χ4v) is 1.29. The van der Waals surface area contributed by atoms with Crippen molar-refractivity contribution in [2.45, 2.75) is 0 Å². The Kier molecular flexibility index (Phi) is 2.05. The molecule has 0 radical (unpaired) electrons. The number of hydrogen-bond donors (Lipinski definition) is 2. The maximum absolute atomic E-state index is 11.2. The average Bonchev–Trinajstić information content (AvgIpc) is 2.19. The van der Waals surface area contributed by atoms with E-state index in [1.54, 1.807) is 0 Å². The minimum atomic E-state index is -1.43. The number of fused-ring (bicyclic) bond motifs is 1. The molecule has 2 N–H and O–H groups in total. The Morgan fingerprint density at radius 1 is 1.31 bits per heavy atom. The molecule has 6 nitrogen and oxygen atoms in total. The number of carboxylic acid groups (broad SMARTS) is 1. The van der Waals surface area contributed by atoms with Crippen molar-refractivity contribution >= 4 is 16.9 Å². The van der Waals surface area contributed by atoms with Crippen LogP contribution in [0.4, 0.5) is 0 Å². The summed E-state index contributed by atoms with van der Waals surface area (Å²) in [5.74, 6) is -2.65. The summed E-state index contributed by atoms with van der Waals surface area (Å²) in [4.78, 5) is 21.8. The SMILES string of the molecule is O=C(O)c1cc2cc(O)c([O-])cc2oc1=O. The van der Waals surface area contributed by atoms with E-state index in [-0.39, 0.29) is 11.0 Å². The third kappa shape index (κ3) is 1.46. The monoisotopic (exact) mass is 221 g/mol. The molecule has 82 valence electrons. The first-order chi connectivity index (χ1) is 7.49. The van der Waals surface area contributed by atoms with Crippen LogP contribution in [-0.2, 0) is 0 Å². The highest BCUT2D eigenvalue weighted by Crippen LogP contribution is 2.27. The summed E-state index contributed by atoms with van der Waals surface area (Å²) in [6.07, 6.45) is 0. The van der Waals surface area contributed by atoms with Crippen LogP contribution in [0.25, 0.3) is 11.0 Å². The average molecular weight is 221 g/mol. The number of carbonyl (C=O) groups is 1. The lowest BCUT2D eigenvalue weighted by Crippen LogP contribution is -2.12. The predicted molar refractivity (Wildman–Crippen MR) is 50.6 cm³/mol. The predicted octanol–water partition coefficient (Wildman–Crippen LogP) is 0.270. The van der Waals surface area contributed by atoms with Gasteiger partial charge in [0, 0.05) is 5.39 Å². The van der Waals surface area contributed by atoms with Crippen LogP contribution in [0.2, 0.25) is 0 Å². The smallest absolute Gasteiger partial charge is 0.351 e. The zero-order chi connectivity index (χ0) is 11.9. The maximum atomic E-state index is 11.2. The number of rotatable bonds is 1. The van der Waals surface area contributed by atoms with E-state index in [1.165, 1.54) is 0 Å². The molecule has 0 saturated carbocycles. The van der Waals surface area contributed by atoms with E-state index in [2.05, 4.69) is 4.42 Å². The first kappa shape index (κ1) is 10.0. The summed E-state index contributed by atoms with van der Waals surface area (Å²) in [5.41, 5.74) is -1.64. The van der Waals surface area contributed by atoms with Crippen molar-refractivity contribution in [3.05, 3.63) is 34.2 Å². The van der Waals surface area contributed by atoms with Gasteiger partial charge in [0.05, 0.1) is 0 Å². The molecule has 0 unspecified atom stereocenters. The Labute approximate surface area is 88.0 Å². The Hall–Kier alpha value is -2.50. The Morgan fingerprint density at radius 2 is 2.00 bits per heavy atom. The minimum absolute atomic E-state index is 0.0576. The molecule has 1 aromatic carbocycles. The second kappa shape index (κ2) is 3.27. The molecule has 0 aliphatic carbocycles. The third-order valence-electron chi connectivity index (χ3n) is 2.04. The van der Waals surface area contributed by atoms with E-state index in [9.17, 15) is 14.7 Å². The van der Waals surface area contributed by atoms with E-state index in [4.69, 9.17) is 10.2 Å². The van der Waals surface area contributed by atoms with Gasteiger partial charge in [-0.1, -0.05) is 5.75 Å². The van der Waals surface area contributed by atoms with Crippen molar-refractivity contribution in [2.75, 3.05) is 0 Å². The van der Waals surface area contributed by atoms with Gasteiger partial charge in [0.2, 0.25) is 0 Å². The van der Waals surface area contributed by atoms with Crippen LogP contribution in [0.15, 0.2) is 27.4 Å².